The molecule has 0 saturated carbocycles. The second-order valence-corrected chi connectivity index (χ2v) is 3.13. The van der Waals surface area contributed by atoms with E-state index in [9.17, 15) is 0 Å². The lowest BCUT2D eigenvalue weighted by Crippen LogP contribution is -2.12. The second kappa shape index (κ2) is 4.84. The van der Waals surface area contributed by atoms with Crippen molar-refractivity contribution in [2.75, 3.05) is 6.54 Å². The molecule has 13 heavy (non-hydrogen) atoms. The highest BCUT2D eigenvalue weighted by Gasteiger charge is 2.04. The first kappa shape index (κ1) is 10.0. The molecule has 3 heteroatoms. The number of phenolic OH excluding ortho intramolecular Hbond substituents is 1. The van der Waals surface area contributed by atoms with E-state index in [-0.39, 0.29) is 11.8 Å². The van der Waals surface area contributed by atoms with E-state index in [2.05, 4.69) is 0 Å². The Morgan fingerprint density at radius 3 is 2.38 bits per heavy atom. The first-order valence-electron chi connectivity index (χ1n) is 4.48. The van der Waals surface area contributed by atoms with Crippen LogP contribution in [0.25, 0.3) is 0 Å². The summed E-state index contributed by atoms with van der Waals surface area (Å²) in [5, 5.41) is 9.05. The molecule has 5 N–H and O–H groups in total. The van der Waals surface area contributed by atoms with Crippen LogP contribution >= 0.6 is 0 Å². The smallest absolute Gasteiger partial charge is 0.115 e. The number of hydrogen-bond acceptors (Lipinski definition) is 3. The molecule has 0 aromatic heterocycles. The Labute approximate surface area is 78.4 Å². The van der Waals surface area contributed by atoms with Crippen molar-refractivity contribution < 1.29 is 5.11 Å². The lowest BCUT2D eigenvalue weighted by molar-refractivity contribution is 0.474. The highest BCUT2D eigenvalue weighted by atomic mass is 16.3. The van der Waals surface area contributed by atoms with Crippen LogP contribution in [-0.4, -0.2) is 11.7 Å². The maximum atomic E-state index is 9.05. The Kier molecular flexibility index (Phi) is 3.73. The van der Waals surface area contributed by atoms with E-state index in [1.165, 1.54) is 0 Å². The highest BCUT2D eigenvalue weighted by Crippen LogP contribution is 2.18. The molecule has 0 bridgehead atoms. The van der Waals surface area contributed by atoms with E-state index in [0.29, 0.717) is 6.54 Å². The summed E-state index contributed by atoms with van der Waals surface area (Å²) in [6, 6.07) is 7.02. The van der Waals surface area contributed by atoms with Gasteiger partial charge in [-0.25, -0.2) is 0 Å². The summed E-state index contributed by atoms with van der Waals surface area (Å²) in [6.45, 7) is 0.672. The molecule has 0 aliphatic carbocycles. The molecule has 0 radical (unpaired) electrons. The van der Waals surface area contributed by atoms with Crippen molar-refractivity contribution in [1.29, 1.82) is 0 Å². The van der Waals surface area contributed by atoms with Crippen LogP contribution in [0.1, 0.15) is 24.4 Å². The van der Waals surface area contributed by atoms with Crippen molar-refractivity contribution in [1.82, 2.24) is 0 Å². The van der Waals surface area contributed by atoms with Crippen LogP contribution < -0.4 is 11.5 Å². The topological polar surface area (TPSA) is 72.3 Å². The zero-order valence-electron chi connectivity index (χ0n) is 7.61. The van der Waals surface area contributed by atoms with Gasteiger partial charge in [0.1, 0.15) is 5.75 Å². The fourth-order valence-corrected chi connectivity index (χ4v) is 1.23. The molecule has 1 rings (SSSR count). The molecule has 0 fully saturated rings. The van der Waals surface area contributed by atoms with Gasteiger partial charge in [-0.15, -0.1) is 0 Å². The van der Waals surface area contributed by atoms with Gasteiger partial charge in [0.15, 0.2) is 0 Å². The fraction of sp³-hybridized carbons (Fsp3) is 0.400. The van der Waals surface area contributed by atoms with Crippen LogP contribution in [0.4, 0.5) is 0 Å². The predicted molar refractivity (Wildman–Crippen MR) is 53.3 cm³/mol. The van der Waals surface area contributed by atoms with Crippen molar-refractivity contribution in [3.05, 3.63) is 29.8 Å². The lowest BCUT2D eigenvalue weighted by atomic mass is 10.0. The zero-order chi connectivity index (χ0) is 9.68. The number of benzene rings is 1. The summed E-state index contributed by atoms with van der Waals surface area (Å²) < 4.78 is 0. The van der Waals surface area contributed by atoms with E-state index in [1.54, 1.807) is 12.1 Å². The first-order chi connectivity index (χ1) is 6.24. The molecule has 0 aliphatic rings. The maximum Gasteiger partial charge on any atom is 0.115 e. The van der Waals surface area contributed by atoms with Gasteiger partial charge in [-0.1, -0.05) is 12.1 Å². The van der Waals surface area contributed by atoms with Crippen molar-refractivity contribution in [2.45, 2.75) is 18.9 Å². The van der Waals surface area contributed by atoms with Gasteiger partial charge in [-0.2, -0.15) is 0 Å². The van der Waals surface area contributed by atoms with Gasteiger partial charge >= 0.3 is 0 Å². The molecular formula is C10H16N2O. The van der Waals surface area contributed by atoms with E-state index < -0.39 is 0 Å². The van der Waals surface area contributed by atoms with Crippen LogP contribution in [0.3, 0.4) is 0 Å². The van der Waals surface area contributed by atoms with Crippen molar-refractivity contribution >= 4 is 0 Å². The number of aromatic hydroxyl groups is 1. The molecule has 1 aromatic carbocycles. The summed E-state index contributed by atoms with van der Waals surface area (Å²) in [4.78, 5) is 0. The largest absolute Gasteiger partial charge is 0.508 e. The normalized spacial score (nSPS) is 12.8. The molecule has 1 atom stereocenters. The van der Waals surface area contributed by atoms with E-state index in [0.717, 1.165) is 18.4 Å². The van der Waals surface area contributed by atoms with Gasteiger partial charge in [-0.05, 0) is 37.1 Å². The lowest BCUT2D eigenvalue weighted by Gasteiger charge is -2.10. The Morgan fingerprint density at radius 1 is 1.23 bits per heavy atom. The second-order valence-electron chi connectivity index (χ2n) is 3.13. The van der Waals surface area contributed by atoms with Gasteiger partial charge < -0.3 is 16.6 Å². The minimum Gasteiger partial charge on any atom is -0.508 e. The molecule has 1 aromatic rings. The third kappa shape index (κ3) is 3.05. The van der Waals surface area contributed by atoms with Gasteiger partial charge in [-0.3, -0.25) is 0 Å². The Hall–Kier alpha value is -1.06. The summed E-state index contributed by atoms with van der Waals surface area (Å²) in [6.07, 6.45) is 1.82. The Bertz CT molecular complexity index is 246. The third-order valence-electron chi connectivity index (χ3n) is 2.04. The van der Waals surface area contributed by atoms with Crippen molar-refractivity contribution in [3.8, 4) is 5.75 Å². The molecule has 72 valence electrons. The average Bonchev–Trinajstić information content (AvgIpc) is 2.15. The SMILES string of the molecule is NCCCC(N)c1ccc(O)cc1. The highest BCUT2D eigenvalue weighted by molar-refractivity contribution is 5.27. The number of hydrogen-bond donors (Lipinski definition) is 3. The monoisotopic (exact) mass is 180 g/mol. The summed E-state index contributed by atoms with van der Waals surface area (Å²) in [5.74, 6) is 0.273. The van der Waals surface area contributed by atoms with Crippen LogP contribution in [0, 0.1) is 0 Å². The number of nitrogens with two attached hydrogens (primary N) is 2. The fourth-order valence-electron chi connectivity index (χ4n) is 1.23. The molecule has 0 saturated heterocycles. The maximum absolute atomic E-state index is 9.05. The summed E-state index contributed by atoms with van der Waals surface area (Å²) >= 11 is 0. The number of rotatable bonds is 4. The molecule has 0 aliphatic heterocycles. The van der Waals surface area contributed by atoms with Gasteiger partial charge in [0.25, 0.3) is 0 Å². The van der Waals surface area contributed by atoms with Crippen molar-refractivity contribution in [3.63, 3.8) is 0 Å². The van der Waals surface area contributed by atoms with Crippen LogP contribution in [0.5, 0.6) is 5.75 Å². The van der Waals surface area contributed by atoms with Crippen molar-refractivity contribution in [2.24, 2.45) is 11.5 Å². The standard InChI is InChI=1S/C10H16N2O/c11-7-1-2-10(12)8-3-5-9(13)6-4-8/h3-6,10,13H,1-2,7,11-12H2. The van der Waals surface area contributed by atoms with Crippen LogP contribution in [0.2, 0.25) is 0 Å². The number of phenols is 1. The van der Waals surface area contributed by atoms with E-state index >= 15 is 0 Å². The first-order valence-corrected chi connectivity index (χ1v) is 4.48. The zero-order valence-corrected chi connectivity index (χ0v) is 7.61. The average molecular weight is 180 g/mol. The summed E-state index contributed by atoms with van der Waals surface area (Å²) in [7, 11) is 0. The Balaban J connectivity index is 2.55. The van der Waals surface area contributed by atoms with Crippen LogP contribution in [-0.2, 0) is 0 Å². The quantitative estimate of drug-likeness (QED) is 0.650. The molecule has 1 unspecified atom stereocenters. The molecule has 0 amide bonds. The van der Waals surface area contributed by atoms with E-state index in [4.69, 9.17) is 16.6 Å². The van der Waals surface area contributed by atoms with Crippen LogP contribution in [0.15, 0.2) is 24.3 Å². The third-order valence-corrected chi connectivity index (χ3v) is 2.04. The Morgan fingerprint density at radius 2 is 1.85 bits per heavy atom. The molecule has 3 nitrogen and oxygen atoms in total. The van der Waals surface area contributed by atoms with Gasteiger partial charge in [0, 0.05) is 6.04 Å². The minimum absolute atomic E-state index is 0.0316. The van der Waals surface area contributed by atoms with Gasteiger partial charge in [0.2, 0.25) is 0 Å². The van der Waals surface area contributed by atoms with E-state index in [1.807, 2.05) is 12.1 Å². The minimum atomic E-state index is 0.0316. The van der Waals surface area contributed by atoms with Gasteiger partial charge in [0.05, 0.1) is 0 Å². The summed E-state index contributed by atoms with van der Waals surface area (Å²) in [5.41, 5.74) is 12.3. The molecular weight excluding hydrogens is 164 g/mol. The predicted octanol–water partition coefficient (Wildman–Crippen LogP) is 1.13. The molecule has 0 spiro atoms. The molecule has 0 heterocycles.